The summed E-state index contributed by atoms with van der Waals surface area (Å²) in [6.45, 7) is 0. The predicted octanol–water partition coefficient (Wildman–Crippen LogP) is 4.32. The van der Waals surface area contributed by atoms with E-state index in [2.05, 4.69) is 4.98 Å². The second-order valence-corrected chi connectivity index (χ2v) is 7.35. The van der Waals surface area contributed by atoms with Gasteiger partial charge in [0.2, 0.25) is 0 Å². The summed E-state index contributed by atoms with van der Waals surface area (Å²) in [5.41, 5.74) is 0.136. The molecule has 3 rings (SSSR count). The van der Waals surface area contributed by atoms with Gasteiger partial charge in [-0.3, -0.25) is 0 Å². The Kier molecular flexibility index (Phi) is 7.09. The van der Waals surface area contributed by atoms with Crippen LogP contribution in [0, 0.1) is 0 Å². The van der Waals surface area contributed by atoms with E-state index in [1.54, 1.807) is 56.7 Å². The summed E-state index contributed by atoms with van der Waals surface area (Å²) in [5, 5.41) is 0. The molecule has 1 aliphatic heterocycles. The van der Waals surface area contributed by atoms with E-state index in [0.29, 0.717) is 11.3 Å². The Hall–Kier alpha value is -4.08. The SMILES string of the molecule is COC(=O)C1=C(C(=O)OC)N(c2ccc(-c3cc(C(F)(F)F)cc(N(C)C)n3)cc2)C=CC=C1. The smallest absolute Gasteiger partial charge is 0.416 e. The number of alkyl halides is 3. The summed E-state index contributed by atoms with van der Waals surface area (Å²) in [6.07, 6.45) is 1.64. The molecule has 1 aromatic carbocycles. The highest BCUT2D eigenvalue weighted by atomic mass is 19.4. The second kappa shape index (κ2) is 9.82. The van der Waals surface area contributed by atoms with Gasteiger partial charge in [0.25, 0.3) is 0 Å². The number of hydrogen-bond donors (Lipinski definition) is 0. The van der Waals surface area contributed by atoms with E-state index in [1.807, 2.05) is 0 Å². The highest BCUT2D eigenvalue weighted by Crippen LogP contribution is 2.35. The summed E-state index contributed by atoms with van der Waals surface area (Å²) in [5.74, 6) is -1.34. The molecule has 178 valence electrons. The van der Waals surface area contributed by atoms with Crippen LogP contribution in [-0.2, 0) is 25.2 Å². The van der Waals surface area contributed by atoms with E-state index in [4.69, 9.17) is 9.47 Å². The minimum absolute atomic E-state index is 0.0152. The molecule has 0 saturated heterocycles. The van der Waals surface area contributed by atoms with E-state index in [1.165, 1.54) is 30.1 Å². The van der Waals surface area contributed by atoms with Crippen molar-refractivity contribution in [2.24, 2.45) is 0 Å². The number of hydrogen-bond acceptors (Lipinski definition) is 7. The number of nitrogens with zero attached hydrogens (tertiary/aromatic N) is 3. The summed E-state index contributed by atoms with van der Waals surface area (Å²) in [4.78, 5) is 32.1. The van der Waals surface area contributed by atoms with Gasteiger partial charge in [-0.25, -0.2) is 14.6 Å². The molecule has 34 heavy (non-hydrogen) atoms. The maximum absolute atomic E-state index is 13.4. The average molecular weight is 473 g/mol. The molecule has 0 saturated carbocycles. The molecule has 0 radical (unpaired) electrons. The minimum atomic E-state index is -4.53. The first-order chi connectivity index (χ1) is 16.1. The summed E-state index contributed by atoms with van der Waals surface area (Å²) in [7, 11) is 5.59. The number of carbonyl (C=O) groups is 2. The molecule has 0 amide bonds. The molecule has 0 spiro atoms. The molecule has 0 N–H and O–H groups in total. The van der Waals surface area contributed by atoms with Crippen molar-refractivity contribution in [3.8, 4) is 11.3 Å². The van der Waals surface area contributed by atoms with E-state index in [9.17, 15) is 22.8 Å². The first kappa shape index (κ1) is 24.6. The van der Waals surface area contributed by atoms with Gasteiger partial charge in [0.15, 0.2) is 0 Å². The summed E-state index contributed by atoms with van der Waals surface area (Å²) < 4.78 is 49.9. The number of benzene rings is 1. The van der Waals surface area contributed by atoms with Gasteiger partial charge in [0.05, 0.1) is 31.1 Å². The predicted molar refractivity (Wildman–Crippen MR) is 121 cm³/mol. The number of pyridine rings is 1. The van der Waals surface area contributed by atoms with Crippen LogP contribution >= 0.6 is 0 Å². The fraction of sp³-hybridized carbons (Fsp3) is 0.208. The zero-order chi connectivity index (χ0) is 25.0. The molecular formula is C24H22F3N3O4. The van der Waals surface area contributed by atoms with Crippen molar-refractivity contribution in [1.29, 1.82) is 0 Å². The van der Waals surface area contributed by atoms with Gasteiger partial charge < -0.3 is 19.3 Å². The van der Waals surface area contributed by atoms with E-state index in [-0.39, 0.29) is 22.8 Å². The van der Waals surface area contributed by atoms with Crippen molar-refractivity contribution in [2.45, 2.75) is 6.18 Å². The topological polar surface area (TPSA) is 72.0 Å². The molecule has 0 aliphatic carbocycles. The monoisotopic (exact) mass is 473 g/mol. The van der Waals surface area contributed by atoms with Crippen LogP contribution in [0.2, 0.25) is 0 Å². The Morgan fingerprint density at radius 2 is 1.62 bits per heavy atom. The van der Waals surface area contributed by atoms with Crippen LogP contribution in [0.1, 0.15) is 5.56 Å². The molecule has 2 heterocycles. The number of aromatic nitrogens is 1. The van der Waals surface area contributed by atoms with Crippen LogP contribution in [0.3, 0.4) is 0 Å². The van der Waals surface area contributed by atoms with Crippen molar-refractivity contribution in [3.05, 3.63) is 77.7 Å². The Morgan fingerprint density at radius 1 is 0.971 bits per heavy atom. The van der Waals surface area contributed by atoms with Gasteiger partial charge in [0, 0.05) is 31.5 Å². The zero-order valence-corrected chi connectivity index (χ0v) is 18.9. The fourth-order valence-electron chi connectivity index (χ4n) is 3.22. The maximum Gasteiger partial charge on any atom is 0.416 e. The third kappa shape index (κ3) is 5.11. The number of halogens is 3. The molecule has 0 fully saturated rings. The Balaban J connectivity index is 2.08. The van der Waals surface area contributed by atoms with Gasteiger partial charge in [-0.2, -0.15) is 13.2 Å². The quantitative estimate of drug-likeness (QED) is 0.599. The van der Waals surface area contributed by atoms with Gasteiger partial charge in [0.1, 0.15) is 11.5 Å². The van der Waals surface area contributed by atoms with E-state index in [0.717, 1.165) is 12.1 Å². The molecule has 2 aromatic rings. The third-order valence-electron chi connectivity index (χ3n) is 4.93. The molecule has 0 unspecified atom stereocenters. The molecule has 7 nitrogen and oxygen atoms in total. The number of allylic oxidation sites excluding steroid dienone is 2. The average Bonchev–Trinajstić information content (AvgIpc) is 3.05. The number of ether oxygens (including phenoxy) is 2. The number of methoxy groups -OCH3 is 2. The Bertz CT molecular complexity index is 1180. The molecule has 10 heteroatoms. The number of rotatable bonds is 5. The van der Waals surface area contributed by atoms with Crippen molar-refractivity contribution >= 4 is 23.4 Å². The van der Waals surface area contributed by atoms with Gasteiger partial charge >= 0.3 is 18.1 Å². The lowest BCUT2D eigenvalue weighted by atomic mass is 10.1. The van der Waals surface area contributed by atoms with Crippen LogP contribution in [-0.4, -0.2) is 45.2 Å². The minimum Gasteiger partial charge on any atom is -0.465 e. The van der Waals surface area contributed by atoms with E-state index >= 15 is 0 Å². The normalized spacial score (nSPS) is 13.6. The molecular weight excluding hydrogens is 451 g/mol. The molecule has 1 aliphatic rings. The zero-order valence-electron chi connectivity index (χ0n) is 18.9. The lowest BCUT2D eigenvalue weighted by molar-refractivity contribution is -0.139. The van der Waals surface area contributed by atoms with Crippen LogP contribution in [0.15, 0.2) is 72.1 Å². The standard InChI is InChI=1S/C24H22F3N3O4/c1-29(2)20-14-16(24(25,26)27)13-19(28-20)15-8-10-17(11-9-15)30-12-6-5-7-18(22(31)33-3)21(30)23(32)34-4/h5-14H,1-4H3. The summed E-state index contributed by atoms with van der Waals surface area (Å²) in [6, 6.07) is 8.31. The van der Waals surface area contributed by atoms with Crippen molar-refractivity contribution in [3.63, 3.8) is 0 Å². The number of esters is 2. The Labute approximate surface area is 194 Å². The first-order valence-electron chi connectivity index (χ1n) is 9.99. The lowest BCUT2D eigenvalue weighted by Crippen LogP contribution is -2.26. The van der Waals surface area contributed by atoms with Crippen LogP contribution in [0.25, 0.3) is 11.3 Å². The van der Waals surface area contributed by atoms with Crippen LogP contribution < -0.4 is 9.80 Å². The highest BCUT2D eigenvalue weighted by Gasteiger charge is 2.32. The first-order valence-corrected chi connectivity index (χ1v) is 9.99. The van der Waals surface area contributed by atoms with Crippen LogP contribution in [0.4, 0.5) is 24.7 Å². The molecule has 0 bridgehead atoms. The van der Waals surface area contributed by atoms with Crippen molar-refractivity contribution < 1.29 is 32.2 Å². The molecule has 0 atom stereocenters. The number of carbonyl (C=O) groups excluding carboxylic acids is 2. The van der Waals surface area contributed by atoms with Crippen molar-refractivity contribution in [2.75, 3.05) is 38.1 Å². The van der Waals surface area contributed by atoms with Gasteiger partial charge in [-0.1, -0.05) is 18.2 Å². The molecule has 1 aromatic heterocycles. The van der Waals surface area contributed by atoms with Crippen LogP contribution in [0.5, 0.6) is 0 Å². The fourth-order valence-corrected chi connectivity index (χ4v) is 3.22. The Morgan fingerprint density at radius 3 is 2.18 bits per heavy atom. The number of anilines is 2. The van der Waals surface area contributed by atoms with Crippen molar-refractivity contribution in [1.82, 2.24) is 4.98 Å². The summed E-state index contributed by atoms with van der Waals surface area (Å²) >= 11 is 0. The van der Waals surface area contributed by atoms with E-state index < -0.39 is 23.7 Å². The third-order valence-corrected chi connectivity index (χ3v) is 4.93. The maximum atomic E-state index is 13.4. The highest BCUT2D eigenvalue weighted by molar-refractivity contribution is 6.05. The lowest BCUT2D eigenvalue weighted by Gasteiger charge is -2.23. The second-order valence-electron chi connectivity index (χ2n) is 7.35. The largest absolute Gasteiger partial charge is 0.465 e. The van der Waals surface area contributed by atoms with Gasteiger partial charge in [-0.15, -0.1) is 0 Å². The van der Waals surface area contributed by atoms with Gasteiger partial charge in [-0.05, 0) is 36.4 Å².